The molecule has 1 amide bonds. The van der Waals surface area contributed by atoms with Gasteiger partial charge >= 0.3 is 0 Å². The van der Waals surface area contributed by atoms with Crippen molar-refractivity contribution in [2.75, 3.05) is 32.6 Å². The molecule has 0 spiro atoms. The molecule has 32 heavy (non-hydrogen) atoms. The van der Waals surface area contributed by atoms with Crippen LogP contribution in [0.1, 0.15) is 16.9 Å². The van der Waals surface area contributed by atoms with Gasteiger partial charge in [0.1, 0.15) is 23.0 Å². The molecule has 4 aromatic rings. The van der Waals surface area contributed by atoms with E-state index < -0.39 is 0 Å². The van der Waals surface area contributed by atoms with E-state index in [4.69, 9.17) is 9.47 Å². The fourth-order valence-electron chi connectivity index (χ4n) is 3.32. The van der Waals surface area contributed by atoms with Gasteiger partial charge in [0.15, 0.2) is 0 Å². The number of amides is 1. The van der Waals surface area contributed by atoms with Gasteiger partial charge in [0, 0.05) is 30.1 Å². The van der Waals surface area contributed by atoms with Crippen LogP contribution in [-0.2, 0) is 0 Å². The third kappa shape index (κ3) is 4.81. The quantitative estimate of drug-likeness (QED) is 0.364. The van der Waals surface area contributed by atoms with Crippen molar-refractivity contribution in [1.29, 1.82) is 0 Å². The lowest BCUT2D eigenvalue weighted by atomic mass is 10.1. The predicted octanol–water partition coefficient (Wildman–Crippen LogP) is 4.61. The number of aromatic nitrogens is 2. The Balaban J connectivity index is 1.33. The van der Waals surface area contributed by atoms with Crippen LogP contribution in [0.5, 0.6) is 11.5 Å². The van der Waals surface area contributed by atoms with Gasteiger partial charge in [-0.25, -0.2) is 4.98 Å². The molecule has 0 saturated carbocycles. The number of carbonyl (C=O) groups is 1. The highest BCUT2D eigenvalue weighted by atomic mass is 32.1. The second-order valence-electron chi connectivity index (χ2n) is 7.04. The van der Waals surface area contributed by atoms with Crippen LogP contribution in [0.2, 0.25) is 0 Å². The fourth-order valence-corrected chi connectivity index (χ4v) is 4.08. The van der Waals surface area contributed by atoms with E-state index in [1.54, 1.807) is 26.4 Å². The smallest absolute Gasteiger partial charge is 0.269 e. The van der Waals surface area contributed by atoms with Crippen molar-refractivity contribution in [2.45, 2.75) is 6.42 Å². The number of nitrogens with one attached hydrogen (secondary N) is 2. The number of pyridine rings is 1. The molecule has 4 rings (SSSR count). The number of methoxy groups -OCH3 is 2. The van der Waals surface area contributed by atoms with E-state index in [0.717, 1.165) is 27.9 Å². The van der Waals surface area contributed by atoms with Crippen LogP contribution < -0.4 is 20.1 Å². The largest absolute Gasteiger partial charge is 0.497 e. The van der Waals surface area contributed by atoms with Gasteiger partial charge in [-0.2, -0.15) is 4.37 Å². The first-order chi connectivity index (χ1) is 15.7. The van der Waals surface area contributed by atoms with Crippen LogP contribution in [0.3, 0.4) is 0 Å². The lowest BCUT2D eigenvalue weighted by molar-refractivity contribution is 0.0948. The first kappa shape index (κ1) is 21.6. The summed E-state index contributed by atoms with van der Waals surface area (Å²) in [6, 6.07) is 19.0. The Morgan fingerprint density at radius 3 is 2.72 bits per heavy atom. The van der Waals surface area contributed by atoms with Crippen molar-refractivity contribution < 1.29 is 14.3 Å². The lowest BCUT2D eigenvalue weighted by Gasteiger charge is -2.11. The van der Waals surface area contributed by atoms with E-state index in [-0.39, 0.29) is 5.91 Å². The predicted molar refractivity (Wildman–Crippen MR) is 128 cm³/mol. The number of benzene rings is 2. The minimum absolute atomic E-state index is 0.210. The molecule has 0 bridgehead atoms. The topological polar surface area (TPSA) is 85.4 Å². The summed E-state index contributed by atoms with van der Waals surface area (Å²) in [7, 11) is 3.20. The van der Waals surface area contributed by atoms with Crippen LogP contribution in [0.4, 0.5) is 5.82 Å². The van der Waals surface area contributed by atoms with E-state index in [0.29, 0.717) is 36.0 Å². The highest BCUT2D eigenvalue weighted by molar-refractivity contribution is 7.13. The Labute approximate surface area is 190 Å². The molecule has 7 nitrogen and oxygen atoms in total. The molecular formula is C24H24N4O3S. The molecule has 2 heterocycles. The maximum Gasteiger partial charge on any atom is 0.269 e. The molecule has 2 aromatic heterocycles. The average Bonchev–Trinajstić information content (AvgIpc) is 3.26. The number of anilines is 1. The summed E-state index contributed by atoms with van der Waals surface area (Å²) in [5.41, 5.74) is 1.82. The monoisotopic (exact) mass is 448 g/mol. The Bertz CT molecular complexity index is 1220. The zero-order chi connectivity index (χ0) is 22.3. The molecule has 2 N–H and O–H groups in total. The Morgan fingerprint density at radius 2 is 1.88 bits per heavy atom. The van der Waals surface area contributed by atoms with Gasteiger partial charge in [-0.05, 0) is 54.4 Å². The minimum Gasteiger partial charge on any atom is -0.497 e. The number of hydrogen-bond donors (Lipinski definition) is 2. The minimum atomic E-state index is -0.210. The van der Waals surface area contributed by atoms with Gasteiger partial charge in [0.25, 0.3) is 5.91 Å². The molecule has 0 fully saturated rings. The van der Waals surface area contributed by atoms with E-state index in [9.17, 15) is 4.79 Å². The Kier molecular flexibility index (Phi) is 6.81. The first-order valence-electron chi connectivity index (χ1n) is 10.3. The second-order valence-corrected chi connectivity index (χ2v) is 7.84. The third-order valence-electron chi connectivity index (χ3n) is 4.98. The summed E-state index contributed by atoms with van der Waals surface area (Å²) >= 11 is 1.48. The highest BCUT2D eigenvalue weighted by Gasteiger charge is 2.12. The van der Waals surface area contributed by atoms with Crippen LogP contribution >= 0.6 is 11.5 Å². The summed E-state index contributed by atoms with van der Waals surface area (Å²) in [6.07, 6.45) is 0.767. The van der Waals surface area contributed by atoms with Crippen molar-refractivity contribution in [1.82, 2.24) is 14.7 Å². The van der Waals surface area contributed by atoms with Gasteiger partial charge in [-0.1, -0.05) is 18.2 Å². The average molecular weight is 449 g/mol. The van der Waals surface area contributed by atoms with E-state index in [1.165, 1.54) is 11.5 Å². The van der Waals surface area contributed by atoms with Crippen LogP contribution in [0.25, 0.3) is 21.3 Å². The number of fused-ring (bicyclic) bond motifs is 1. The number of carbonyl (C=O) groups excluding carboxylic acids is 1. The third-order valence-corrected chi connectivity index (χ3v) is 5.80. The first-order valence-corrected chi connectivity index (χ1v) is 11.0. The number of ether oxygens (including phenoxy) is 2. The summed E-state index contributed by atoms with van der Waals surface area (Å²) in [5.74, 6) is 2.01. The number of rotatable bonds is 9. The molecule has 8 heteroatoms. The number of hydrogen-bond acceptors (Lipinski definition) is 7. The van der Waals surface area contributed by atoms with E-state index in [1.807, 2.05) is 36.4 Å². The molecule has 0 aliphatic heterocycles. The van der Waals surface area contributed by atoms with Crippen molar-refractivity contribution in [3.8, 4) is 22.8 Å². The molecule has 0 radical (unpaired) electrons. The molecule has 0 atom stereocenters. The summed E-state index contributed by atoms with van der Waals surface area (Å²) < 4.78 is 16.3. The van der Waals surface area contributed by atoms with Gasteiger partial charge in [0.2, 0.25) is 0 Å². The van der Waals surface area contributed by atoms with Gasteiger partial charge < -0.3 is 20.1 Å². The maximum absolute atomic E-state index is 12.6. The van der Waals surface area contributed by atoms with Crippen molar-refractivity contribution in [3.63, 3.8) is 0 Å². The molecular weight excluding hydrogens is 424 g/mol. The molecule has 0 aliphatic rings. The van der Waals surface area contributed by atoms with E-state index in [2.05, 4.69) is 32.1 Å². The van der Waals surface area contributed by atoms with Gasteiger partial charge in [-0.15, -0.1) is 0 Å². The SMILES string of the molecule is COc1ccc(-c2cccc(C(=O)NCCCNc3nsc4ccccc34)n2)c(OC)c1. The number of nitrogens with zero attached hydrogens (tertiary/aromatic N) is 2. The Hall–Kier alpha value is -3.65. The van der Waals surface area contributed by atoms with Crippen molar-refractivity contribution >= 4 is 33.3 Å². The fraction of sp³-hybridized carbons (Fsp3) is 0.208. The van der Waals surface area contributed by atoms with E-state index >= 15 is 0 Å². The van der Waals surface area contributed by atoms with Crippen molar-refractivity contribution in [3.05, 3.63) is 66.4 Å². The van der Waals surface area contributed by atoms with Crippen LogP contribution in [0, 0.1) is 0 Å². The molecule has 0 saturated heterocycles. The molecule has 0 aliphatic carbocycles. The molecule has 0 unspecified atom stereocenters. The highest BCUT2D eigenvalue weighted by Crippen LogP contribution is 2.32. The standard InChI is InChI=1S/C24H24N4O3S/c1-30-16-11-12-17(21(15-16)31-2)19-8-5-9-20(27-19)24(29)26-14-6-13-25-23-18-7-3-4-10-22(18)32-28-23/h3-5,7-12,15H,6,13-14H2,1-2H3,(H,25,28)(H,26,29). The normalized spacial score (nSPS) is 10.7. The van der Waals surface area contributed by atoms with Gasteiger partial charge in [-0.3, -0.25) is 4.79 Å². The summed E-state index contributed by atoms with van der Waals surface area (Å²) in [6.45, 7) is 1.25. The van der Waals surface area contributed by atoms with Gasteiger partial charge in [0.05, 0.1) is 24.6 Å². The Morgan fingerprint density at radius 1 is 1.00 bits per heavy atom. The van der Waals surface area contributed by atoms with Crippen LogP contribution in [0.15, 0.2) is 60.7 Å². The zero-order valence-corrected chi connectivity index (χ0v) is 18.7. The van der Waals surface area contributed by atoms with Crippen LogP contribution in [-0.4, -0.2) is 42.6 Å². The molecule has 2 aromatic carbocycles. The summed E-state index contributed by atoms with van der Waals surface area (Å²) in [4.78, 5) is 17.1. The summed E-state index contributed by atoms with van der Waals surface area (Å²) in [5, 5.41) is 7.40. The lowest BCUT2D eigenvalue weighted by Crippen LogP contribution is -2.26. The second kappa shape index (κ2) is 10.1. The molecule has 164 valence electrons. The maximum atomic E-state index is 12.6. The zero-order valence-electron chi connectivity index (χ0n) is 17.9. The van der Waals surface area contributed by atoms with Crippen molar-refractivity contribution in [2.24, 2.45) is 0 Å².